The van der Waals surface area contributed by atoms with Gasteiger partial charge in [-0.3, -0.25) is 9.59 Å². The number of aromatic nitrogens is 2. The van der Waals surface area contributed by atoms with Gasteiger partial charge in [-0.2, -0.15) is 5.10 Å². The molecule has 0 saturated heterocycles. The first-order valence-corrected chi connectivity index (χ1v) is 8.48. The Bertz CT molecular complexity index is 776. The van der Waals surface area contributed by atoms with Crippen LogP contribution in [0.5, 0.6) is 0 Å². The van der Waals surface area contributed by atoms with Crippen molar-refractivity contribution >= 4 is 11.9 Å². The minimum Gasteiger partial charge on any atom is -0.481 e. The Labute approximate surface area is 147 Å². The summed E-state index contributed by atoms with van der Waals surface area (Å²) >= 11 is 0. The van der Waals surface area contributed by atoms with E-state index < -0.39 is 11.4 Å². The number of aliphatic carboxylic acids is 1. The summed E-state index contributed by atoms with van der Waals surface area (Å²) in [6.45, 7) is 7.57. The summed E-state index contributed by atoms with van der Waals surface area (Å²) in [5.41, 5.74) is 2.22. The number of carbonyl (C=O) groups is 2. The van der Waals surface area contributed by atoms with Crippen molar-refractivity contribution in [1.29, 1.82) is 0 Å². The van der Waals surface area contributed by atoms with Gasteiger partial charge in [-0.25, -0.2) is 4.68 Å². The number of carboxylic acids is 1. The van der Waals surface area contributed by atoms with Crippen molar-refractivity contribution in [2.75, 3.05) is 6.54 Å². The molecule has 25 heavy (non-hydrogen) atoms. The average molecular weight is 343 g/mol. The maximum Gasteiger partial charge on any atom is 0.311 e. The van der Waals surface area contributed by atoms with Crippen LogP contribution in [0.2, 0.25) is 0 Å². The molecule has 134 valence electrons. The van der Waals surface area contributed by atoms with Gasteiger partial charge < -0.3 is 10.4 Å². The standard InChI is InChI=1S/C19H25N3O3/c1-5-19(6-2,18(24)25)12-20-17(23)15-11-21-22(14(15)4)16-10-8-7-9-13(16)3/h7-11H,5-6,12H2,1-4H3,(H,20,23)(H,24,25). The summed E-state index contributed by atoms with van der Waals surface area (Å²) in [4.78, 5) is 24.1. The number of rotatable bonds is 7. The number of nitrogens with zero attached hydrogens (tertiary/aromatic N) is 2. The maximum atomic E-state index is 12.5. The number of nitrogens with one attached hydrogen (secondary N) is 1. The third kappa shape index (κ3) is 3.57. The van der Waals surface area contributed by atoms with E-state index >= 15 is 0 Å². The Hall–Kier alpha value is -2.63. The van der Waals surface area contributed by atoms with Crippen LogP contribution >= 0.6 is 0 Å². The van der Waals surface area contributed by atoms with E-state index in [4.69, 9.17) is 0 Å². The first kappa shape index (κ1) is 18.7. The van der Waals surface area contributed by atoms with Crippen LogP contribution in [0.4, 0.5) is 0 Å². The topological polar surface area (TPSA) is 84.2 Å². The highest BCUT2D eigenvalue weighted by Gasteiger charge is 2.35. The largest absolute Gasteiger partial charge is 0.481 e. The van der Waals surface area contributed by atoms with E-state index in [2.05, 4.69) is 10.4 Å². The number of benzene rings is 1. The molecular weight excluding hydrogens is 318 g/mol. The summed E-state index contributed by atoms with van der Waals surface area (Å²) in [5, 5.41) is 16.6. The zero-order chi connectivity index (χ0) is 18.6. The first-order valence-electron chi connectivity index (χ1n) is 8.48. The third-order valence-corrected chi connectivity index (χ3v) is 4.99. The molecule has 2 rings (SSSR count). The number of hydrogen-bond donors (Lipinski definition) is 2. The van der Waals surface area contributed by atoms with Crippen molar-refractivity contribution < 1.29 is 14.7 Å². The summed E-state index contributed by atoms with van der Waals surface area (Å²) < 4.78 is 1.73. The predicted molar refractivity (Wildman–Crippen MR) is 96.0 cm³/mol. The fraction of sp³-hybridized carbons (Fsp3) is 0.421. The second-order valence-corrected chi connectivity index (χ2v) is 6.32. The van der Waals surface area contributed by atoms with Gasteiger partial charge in [-0.15, -0.1) is 0 Å². The van der Waals surface area contributed by atoms with Crippen molar-refractivity contribution in [1.82, 2.24) is 15.1 Å². The van der Waals surface area contributed by atoms with Gasteiger partial charge in [0.2, 0.25) is 0 Å². The van der Waals surface area contributed by atoms with Gasteiger partial charge >= 0.3 is 5.97 Å². The van der Waals surface area contributed by atoms with Crippen LogP contribution in [-0.2, 0) is 4.79 Å². The van der Waals surface area contributed by atoms with Gasteiger partial charge in [-0.05, 0) is 38.3 Å². The monoisotopic (exact) mass is 343 g/mol. The van der Waals surface area contributed by atoms with Crippen LogP contribution in [0.1, 0.15) is 48.3 Å². The minimum atomic E-state index is -0.935. The lowest BCUT2D eigenvalue weighted by Gasteiger charge is -2.26. The molecule has 1 heterocycles. The van der Waals surface area contributed by atoms with Crippen LogP contribution in [0.3, 0.4) is 0 Å². The molecule has 1 aromatic carbocycles. The average Bonchev–Trinajstić information content (AvgIpc) is 2.97. The Morgan fingerprint density at radius 2 is 1.84 bits per heavy atom. The molecule has 0 saturated carbocycles. The summed E-state index contributed by atoms with van der Waals surface area (Å²) in [7, 11) is 0. The van der Waals surface area contributed by atoms with Gasteiger partial charge in [0.15, 0.2) is 0 Å². The van der Waals surface area contributed by atoms with Gasteiger partial charge in [0.25, 0.3) is 5.91 Å². The molecule has 2 N–H and O–H groups in total. The molecule has 0 fully saturated rings. The zero-order valence-corrected chi connectivity index (χ0v) is 15.2. The van der Waals surface area contributed by atoms with Crippen molar-refractivity contribution in [3.63, 3.8) is 0 Å². The van der Waals surface area contributed by atoms with Crippen LogP contribution in [0.15, 0.2) is 30.5 Å². The smallest absolute Gasteiger partial charge is 0.311 e. The SMILES string of the molecule is CCC(CC)(CNC(=O)c1cnn(-c2ccccc2C)c1C)C(=O)O. The molecule has 0 aliphatic carbocycles. The lowest BCUT2D eigenvalue weighted by molar-refractivity contribution is -0.149. The van der Waals surface area contributed by atoms with E-state index in [0.29, 0.717) is 18.4 Å². The number of hydrogen-bond acceptors (Lipinski definition) is 3. The fourth-order valence-corrected chi connectivity index (χ4v) is 2.90. The highest BCUT2D eigenvalue weighted by molar-refractivity contribution is 5.95. The maximum absolute atomic E-state index is 12.5. The van der Waals surface area contributed by atoms with E-state index in [1.165, 1.54) is 6.20 Å². The molecule has 0 atom stereocenters. The molecule has 1 aromatic heterocycles. The number of amides is 1. The van der Waals surface area contributed by atoms with E-state index in [1.54, 1.807) is 4.68 Å². The number of carbonyl (C=O) groups excluding carboxylic acids is 1. The Morgan fingerprint density at radius 3 is 2.40 bits per heavy atom. The highest BCUT2D eigenvalue weighted by atomic mass is 16.4. The number of aryl methyl sites for hydroxylation is 1. The van der Waals surface area contributed by atoms with Crippen LogP contribution < -0.4 is 5.32 Å². The molecule has 0 spiro atoms. The van der Waals surface area contributed by atoms with E-state index in [9.17, 15) is 14.7 Å². The molecule has 0 aliphatic rings. The van der Waals surface area contributed by atoms with Crippen LogP contribution in [0.25, 0.3) is 5.69 Å². The second-order valence-electron chi connectivity index (χ2n) is 6.32. The van der Waals surface area contributed by atoms with Crippen molar-refractivity contribution in [3.8, 4) is 5.69 Å². The summed E-state index contributed by atoms with van der Waals surface area (Å²) in [6.07, 6.45) is 2.44. The molecule has 0 bridgehead atoms. The molecule has 6 nitrogen and oxygen atoms in total. The van der Waals surface area contributed by atoms with E-state index in [0.717, 1.165) is 16.9 Å². The lowest BCUT2D eigenvalue weighted by Crippen LogP contribution is -2.42. The lowest BCUT2D eigenvalue weighted by atomic mass is 9.82. The Morgan fingerprint density at radius 1 is 1.20 bits per heavy atom. The van der Waals surface area contributed by atoms with Gasteiger partial charge in [-0.1, -0.05) is 32.0 Å². The predicted octanol–water partition coefficient (Wildman–Crippen LogP) is 3.11. The van der Waals surface area contributed by atoms with Crippen LogP contribution in [0, 0.1) is 19.3 Å². The van der Waals surface area contributed by atoms with Gasteiger partial charge in [0.05, 0.1) is 28.6 Å². The quantitative estimate of drug-likeness (QED) is 0.809. The van der Waals surface area contributed by atoms with Gasteiger partial charge in [0, 0.05) is 6.54 Å². The summed E-state index contributed by atoms with van der Waals surface area (Å²) in [6, 6.07) is 7.81. The molecule has 2 aromatic rings. The molecule has 1 amide bonds. The van der Waals surface area contributed by atoms with Crippen molar-refractivity contribution in [3.05, 3.63) is 47.3 Å². The number of para-hydroxylation sites is 1. The second kappa shape index (κ2) is 7.51. The molecule has 0 unspecified atom stereocenters. The first-order chi connectivity index (χ1) is 11.9. The Balaban J connectivity index is 2.22. The van der Waals surface area contributed by atoms with Crippen molar-refractivity contribution in [2.45, 2.75) is 40.5 Å². The normalized spacial score (nSPS) is 11.4. The van der Waals surface area contributed by atoms with E-state index in [-0.39, 0.29) is 12.5 Å². The third-order valence-electron chi connectivity index (χ3n) is 4.99. The summed E-state index contributed by atoms with van der Waals surface area (Å²) in [5.74, 6) is -1.19. The molecule has 6 heteroatoms. The molecular formula is C19H25N3O3. The highest BCUT2D eigenvalue weighted by Crippen LogP contribution is 2.26. The van der Waals surface area contributed by atoms with Crippen molar-refractivity contribution in [2.24, 2.45) is 5.41 Å². The molecule has 0 aliphatic heterocycles. The molecule has 0 radical (unpaired) electrons. The van der Waals surface area contributed by atoms with Crippen LogP contribution in [-0.4, -0.2) is 33.3 Å². The zero-order valence-electron chi connectivity index (χ0n) is 15.2. The van der Waals surface area contributed by atoms with Gasteiger partial charge in [0.1, 0.15) is 0 Å². The minimum absolute atomic E-state index is 0.100. The van der Waals surface area contributed by atoms with E-state index in [1.807, 2.05) is 52.0 Å². The Kier molecular flexibility index (Phi) is 5.62. The number of carboxylic acid groups (broad SMARTS) is 1. The fourth-order valence-electron chi connectivity index (χ4n) is 2.90.